The van der Waals surface area contributed by atoms with Gasteiger partial charge in [0.15, 0.2) is 34.9 Å². The van der Waals surface area contributed by atoms with Crippen LogP contribution in [0.5, 0.6) is 0 Å². The van der Waals surface area contributed by atoms with E-state index in [1.165, 1.54) is 0 Å². The first-order chi connectivity index (χ1) is 22.8. The van der Waals surface area contributed by atoms with Crippen molar-refractivity contribution in [2.24, 2.45) is 0 Å². The molecular formula is C34H20N10S2. The van der Waals surface area contributed by atoms with Crippen LogP contribution in [-0.4, -0.2) is 49.8 Å². The summed E-state index contributed by atoms with van der Waals surface area (Å²) in [5.41, 5.74) is 2.65. The van der Waals surface area contributed by atoms with Gasteiger partial charge in [-0.2, -0.15) is 0 Å². The van der Waals surface area contributed by atoms with E-state index in [4.69, 9.17) is 29.9 Å². The number of hydrogen-bond donors (Lipinski definition) is 0. The van der Waals surface area contributed by atoms with Gasteiger partial charge in [0.2, 0.25) is 0 Å². The van der Waals surface area contributed by atoms with Crippen LogP contribution in [0, 0.1) is 0 Å². The predicted molar refractivity (Wildman–Crippen MR) is 178 cm³/mol. The van der Waals surface area contributed by atoms with Crippen LogP contribution >= 0.6 is 22.7 Å². The van der Waals surface area contributed by atoms with E-state index in [9.17, 15) is 0 Å². The molecule has 10 nitrogen and oxygen atoms in total. The van der Waals surface area contributed by atoms with Gasteiger partial charge in [-0.1, -0.05) is 24.3 Å². The molecule has 0 saturated carbocycles. The Labute approximate surface area is 270 Å². The van der Waals surface area contributed by atoms with Gasteiger partial charge in [0.1, 0.15) is 22.8 Å². The first-order valence-electron chi connectivity index (χ1n) is 14.2. The van der Waals surface area contributed by atoms with E-state index in [1.807, 2.05) is 84.9 Å². The van der Waals surface area contributed by atoms with E-state index in [2.05, 4.69) is 32.1 Å². The fourth-order valence-electron chi connectivity index (χ4n) is 4.59. The van der Waals surface area contributed by atoms with Crippen molar-refractivity contribution >= 4 is 22.7 Å². The molecule has 0 bridgehead atoms. The first kappa shape index (κ1) is 27.6. The summed E-state index contributed by atoms with van der Waals surface area (Å²) in [7, 11) is 0. The lowest BCUT2D eigenvalue weighted by atomic mass is 10.3. The number of hydrogen-bond acceptors (Lipinski definition) is 12. The number of pyridine rings is 4. The van der Waals surface area contributed by atoms with Crippen molar-refractivity contribution < 1.29 is 0 Å². The molecule has 8 heterocycles. The Morgan fingerprint density at radius 1 is 0.283 bits per heavy atom. The minimum Gasteiger partial charge on any atom is -0.253 e. The fourth-order valence-corrected chi connectivity index (χ4v) is 6.56. The first-order valence-corrected chi connectivity index (χ1v) is 15.8. The van der Waals surface area contributed by atoms with E-state index in [1.54, 1.807) is 47.5 Å². The van der Waals surface area contributed by atoms with Crippen LogP contribution in [0.4, 0.5) is 0 Å². The van der Waals surface area contributed by atoms with Gasteiger partial charge in [0.25, 0.3) is 0 Å². The Hall–Kier alpha value is -5.98. The quantitative estimate of drug-likeness (QED) is 0.175. The molecule has 0 aliphatic carbocycles. The molecule has 8 rings (SSSR count). The van der Waals surface area contributed by atoms with Crippen LogP contribution in [0.3, 0.4) is 0 Å². The second kappa shape index (κ2) is 12.2. The molecule has 12 heteroatoms. The molecule has 218 valence electrons. The minimum atomic E-state index is 0.488. The summed E-state index contributed by atoms with van der Waals surface area (Å²) in [6.45, 7) is 0. The summed E-state index contributed by atoms with van der Waals surface area (Å²) in [6, 6.07) is 30.8. The molecule has 0 aromatic carbocycles. The number of aromatic nitrogens is 10. The lowest BCUT2D eigenvalue weighted by Gasteiger charge is -2.06. The fraction of sp³-hybridized carbons (Fsp3) is 0. The maximum atomic E-state index is 4.80. The number of thiophene rings is 2. The SMILES string of the molecule is c1ccc(-c2nc(-c3ccccn3)nc(-c3ccc(-c4ccc(-c5nc(-c6ccccn6)nc(-c6ccccn6)n5)s4)s3)n2)nc1. The van der Waals surface area contributed by atoms with Crippen molar-refractivity contribution in [1.29, 1.82) is 0 Å². The van der Waals surface area contributed by atoms with E-state index in [-0.39, 0.29) is 0 Å². The molecule has 0 aliphatic heterocycles. The van der Waals surface area contributed by atoms with Crippen molar-refractivity contribution in [2.45, 2.75) is 0 Å². The zero-order valence-electron chi connectivity index (χ0n) is 23.8. The molecule has 8 aromatic rings. The van der Waals surface area contributed by atoms with Crippen molar-refractivity contribution in [2.75, 3.05) is 0 Å². The Kier molecular flexibility index (Phi) is 7.30. The van der Waals surface area contributed by atoms with Crippen LogP contribution in [0.15, 0.2) is 122 Å². The van der Waals surface area contributed by atoms with E-state index in [0.717, 1.165) is 19.5 Å². The molecule has 0 radical (unpaired) electrons. The Balaban J connectivity index is 1.16. The third-order valence-electron chi connectivity index (χ3n) is 6.74. The van der Waals surface area contributed by atoms with Gasteiger partial charge in [0.05, 0.1) is 9.75 Å². The Bertz CT molecular complexity index is 1980. The largest absolute Gasteiger partial charge is 0.253 e. The molecule has 0 aliphatic rings. The zero-order chi connectivity index (χ0) is 30.7. The molecule has 8 aromatic heterocycles. The van der Waals surface area contributed by atoms with Gasteiger partial charge in [-0.05, 0) is 72.8 Å². The predicted octanol–water partition coefficient (Wildman–Crippen LogP) is 7.43. The summed E-state index contributed by atoms with van der Waals surface area (Å²) < 4.78 is 0. The van der Waals surface area contributed by atoms with Crippen LogP contribution in [0.25, 0.3) is 77.2 Å². The molecule has 0 unspecified atom stereocenters. The van der Waals surface area contributed by atoms with Crippen LogP contribution < -0.4 is 0 Å². The normalized spacial score (nSPS) is 11.0. The van der Waals surface area contributed by atoms with Gasteiger partial charge in [0, 0.05) is 34.5 Å². The Morgan fingerprint density at radius 3 is 0.848 bits per heavy atom. The van der Waals surface area contributed by atoms with E-state index >= 15 is 0 Å². The molecule has 0 N–H and O–H groups in total. The summed E-state index contributed by atoms with van der Waals surface area (Å²) in [5.74, 6) is 3.07. The van der Waals surface area contributed by atoms with E-state index < -0.39 is 0 Å². The maximum absolute atomic E-state index is 4.80. The molecule has 46 heavy (non-hydrogen) atoms. The number of nitrogens with zero attached hydrogens (tertiary/aromatic N) is 10. The van der Waals surface area contributed by atoms with Crippen molar-refractivity contribution in [1.82, 2.24) is 49.8 Å². The van der Waals surface area contributed by atoms with Gasteiger partial charge in [-0.25, -0.2) is 29.9 Å². The Morgan fingerprint density at radius 2 is 0.565 bits per heavy atom. The lowest BCUT2D eigenvalue weighted by molar-refractivity contribution is 1.05. The highest BCUT2D eigenvalue weighted by atomic mass is 32.1. The molecule has 0 atom stereocenters. The van der Waals surface area contributed by atoms with E-state index in [0.29, 0.717) is 57.7 Å². The number of rotatable bonds is 7. The monoisotopic (exact) mass is 632 g/mol. The zero-order valence-corrected chi connectivity index (χ0v) is 25.5. The second-order valence-corrected chi connectivity index (χ2v) is 12.0. The minimum absolute atomic E-state index is 0.488. The average molecular weight is 633 g/mol. The average Bonchev–Trinajstić information content (AvgIpc) is 3.84. The van der Waals surface area contributed by atoms with Gasteiger partial charge < -0.3 is 0 Å². The van der Waals surface area contributed by atoms with Crippen molar-refractivity contribution in [3.63, 3.8) is 0 Å². The molecule has 0 saturated heterocycles. The highest BCUT2D eigenvalue weighted by Gasteiger charge is 2.18. The highest BCUT2D eigenvalue weighted by Crippen LogP contribution is 2.40. The second-order valence-electron chi connectivity index (χ2n) is 9.80. The third kappa shape index (κ3) is 5.65. The third-order valence-corrected chi connectivity index (χ3v) is 9.10. The summed E-state index contributed by atoms with van der Waals surface area (Å²) >= 11 is 3.20. The molecule has 0 amide bonds. The standard InChI is InChI=1S/C34H20N10S2/c1-5-17-35-21(9-1)29-39-30(22-10-2-6-18-36-22)42-33(41-29)27-15-13-25(45-27)26-14-16-28(46-26)34-43-31(23-11-3-7-19-37-23)40-32(44-34)24-12-4-8-20-38-24/h1-20H. The summed E-state index contributed by atoms with van der Waals surface area (Å²) in [6.07, 6.45) is 6.90. The maximum Gasteiger partial charge on any atom is 0.182 e. The van der Waals surface area contributed by atoms with Crippen molar-refractivity contribution in [3.05, 3.63) is 122 Å². The smallest absolute Gasteiger partial charge is 0.182 e. The van der Waals surface area contributed by atoms with Crippen molar-refractivity contribution in [3.8, 4) is 77.2 Å². The topological polar surface area (TPSA) is 129 Å². The lowest BCUT2D eigenvalue weighted by Crippen LogP contribution is -2.01. The summed E-state index contributed by atoms with van der Waals surface area (Å²) in [5, 5.41) is 0. The summed E-state index contributed by atoms with van der Waals surface area (Å²) in [4.78, 5) is 50.4. The highest BCUT2D eigenvalue weighted by molar-refractivity contribution is 7.25. The van der Waals surface area contributed by atoms with Gasteiger partial charge in [-0.15, -0.1) is 22.7 Å². The molecule has 0 fully saturated rings. The van der Waals surface area contributed by atoms with Crippen LogP contribution in [0.2, 0.25) is 0 Å². The van der Waals surface area contributed by atoms with Crippen LogP contribution in [0.1, 0.15) is 0 Å². The molecular weight excluding hydrogens is 613 g/mol. The van der Waals surface area contributed by atoms with Gasteiger partial charge in [-0.3, -0.25) is 19.9 Å². The molecule has 0 spiro atoms. The van der Waals surface area contributed by atoms with Gasteiger partial charge >= 0.3 is 0 Å². The van der Waals surface area contributed by atoms with Crippen LogP contribution in [-0.2, 0) is 0 Å².